The molecule has 252 valence electrons. The maximum atomic E-state index is 5.41. The Morgan fingerprint density at radius 1 is 0.404 bits per heavy atom. The molecule has 9 rings (SSSR count). The van der Waals surface area contributed by atoms with Crippen molar-refractivity contribution in [1.82, 2.24) is 15.0 Å². The maximum Gasteiger partial charge on any atom is 2.00 e. The second kappa shape index (κ2) is 13.7. The summed E-state index contributed by atoms with van der Waals surface area (Å²) >= 11 is 0. The molecule has 0 spiro atoms. The van der Waals surface area contributed by atoms with E-state index in [1.165, 1.54) is 11.1 Å². The smallest absolute Gasteiger partial charge is 0.657 e. The average Bonchev–Trinajstić information content (AvgIpc) is 3.99. The van der Waals surface area contributed by atoms with Gasteiger partial charge in [0.05, 0.1) is 11.4 Å². The summed E-state index contributed by atoms with van der Waals surface area (Å²) in [5.74, 6) is 0. The molecule has 3 aromatic heterocycles. The first-order valence-corrected chi connectivity index (χ1v) is 17.3. The molecule has 8 bridgehead atoms. The zero-order valence-electron chi connectivity index (χ0n) is 29.1. The van der Waals surface area contributed by atoms with Crippen molar-refractivity contribution in [3.8, 4) is 44.5 Å². The van der Waals surface area contributed by atoms with Gasteiger partial charge in [0.2, 0.25) is 11.4 Å². The van der Waals surface area contributed by atoms with E-state index in [0.717, 1.165) is 89.4 Å². The second-order valence-electron chi connectivity index (χ2n) is 13.3. The van der Waals surface area contributed by atoms with Crippen LogP contribution < -0.4 is 14.5 Å². The van der Waals surface area contributed by atoms with Crippen LogP contribution in [0.3, 0.4) is 0 Å². The SMILES string of the molecule is Cc1ccc(-c2c3nc(c(-c4ccccc4)c4ccc([n-]4)c(-c4ccc(C)cc4)c4[n+](C)c(c(-c5ccccc5)c5ccc2[n-]5)C=C4)C=C3)cc1.[Pt+2]. The Hall–Kier alpha value is -5.83. The zero-order valence-corrected chi connectivity index (χ0v) is 31.4. The van der Waals surface area contributed by atoms with E-state index in [1.807, 2.05) is 6.07 Å². The largest absolute Gasteiger partial charge is 2.00 e. The van der Waals surface area contributed by atoms with Crippen LogP contribution in [0.2, 0.25) is 0 Å². The standard InChI is InChI=1S/C47H35N4.Pt/c1-30-14-18-34(19-15-30)45-38-23-22-36(48-38)44(32-10-6-4-7-11-32)37-24-27-41(49-37)47(35-20-16-31(2)17-21-35)43-29-28-42(51(43)3)46(33-12-8-5-9-13-33)40-26-25-39(45)50-40;/h4-29H,1-3H3;/q-1;+2. The van der Waals surface area contributed by atoms with Gasteiger partial charge < -0.3 is 9.97 Å². The molecule has 4 nitrogen and oxygen atoms in total. The topological polar surface area (TPSA) is 45.0 Å². The first-order valence-electron chi connectivity index (χ1n) is 17.3. The van der Waals surface area contributed by atoms with E-state index in [0.29, 0.717) is 0 Å². The van der Waals surface area contributed by atoms with Crippen molar-refractivity contribution in [1.29, 1.82) is 0 Å². The van der Waals surface area contributed by atoms with Crippen molar-refractivity contribution >= 4 is 46.4 Å². The number of aryl methyl sites for hydroxylation is 2. The number of hydrogen-bond donors (Lipinski definition) is 0. The third-order valence-electron chi connectivity index (χ3n) is 9.90. The van der Waals surface area contributed by atoms with E-state index < -0.39 is 0 Å². The van der Waals surface area contributed by atoms with Crippen LogP contribution in [0.1, 0.15) is 33.9 Å². The summed E-state index contributed by atoms with van der Waals surface area (Å²) in [5.41, 5.74) is 18.4. The molecule has 2 aliphatic heterocycles. The Kier molecular flexibility index (Phi) is 8.79. The normalized spacial score (nSPS) is 11.8. The second-order valence-corrected chi connectivity index (χ2v) is 13.3. The van der Waals surface area contributed by atoms with Crippen LogP contribution in [0.25, 0.3) is 90.9 Å². The molecule has 0 atom stereocenters. The molecule has 0 radical (unpaired) electrons. The van der Waals surface area contributed by atoms with Gasteiger partial charge in [0.15, 0.2) is 0 Å². The van der Waals surface area contributed by atoms with E-state index in [1.54, 1.807) is 0 Å². The molecule has 0 fully saturated rings. The number of rotatable bonds is 4. The Bertz CT molecular complexity index is 2680. The Labute approximate surface area is 318 Å². The van der Waals surface area contributed by atoms with E-state index >= 15 is 0 Å². The van der Waals surface area contributed by atoms with E-state index in [2.05, 4.69) is 177 Å². The summed E-state index contributed by atoms with van der Waals surface area (Å²) in [6.07, 6.45) is 8.69. The predicted molar refractivity (Wildman–Crippen MR) is 211 cm³/mol. The third kappa shape index (κ3) is 5.89. The predicted octanol–water partition coefficient (Wildman–Crippen LogP) is 10.6. The number of aromatic nitrogens is 4. The maximum absolute atomic E-state index is 5.41. The first kappa shape index (κ1) is 33.3. The number of hydrogen-bond acceptors (Lipinski definition) is 1. The van der Waals surface area contributed by atoms with E-state index in [4.69, 9.17) is 15.0 Å². The monoisotopic (exact) mass is 850 g/mol. The first-order chi connectivity index (χ1) is 25.0. The molecule has 5 heteroatoms. The summed E-state index contributed by atoms with van der Waals surface area (Å²) in [7, 11) is 2.15. The molecule has 0 saturated carbocycles. The van der Waals surface area contributed by atoms with E-state index in [-0.39, 0.29) is 21.1 Å². The summed E-state index contributed by atoms with van der Waals surface area (Å²) < 4.78 is 2.29. The third-order valence-corrected chi connectivity index (χ3v) is 9.90. The molecule has 2 aliphatic rings. The fraction of sp³-hybridized carbons (Fsp3) is 0.0638. The minimum Gasteiger partial charge on any atom is -0.657 e. The fourth-order valence-electron chi connectivity index (χ4n) is 7.29. The zero-order chi connectivity index (χ0) is 34.5. The molecule has 7 aromatic rings. The van der Waals surface area contributed by atoms with Crippen molar-refractivity contribution in [2.24, 2.45) is 7.05 Å². The molecule has 4 aromatic carbocycles. The van der Waals surface area contributed by atoms with Gasteiger partial charge in [-0.15, -0.1) is 22.1 Å². The van der Waals surface area contributed by atoms with Gasteiger partial charge >= 0.3 is 21.1 Å². The molecular formula is C47H35N4Pt+. The molecule has 0 N–H and O–H groups in total. The van der Waals surface area contributed by atoms with Gasteiger partial charge in [-0.3, -0.25) is 0 Å². The quantitative estimate of drug-likeness (QED) is 0.166. The van der Waals surface area contributed by atoms with Gasteiger partial charge in [0.1, 0.15) is 7.05 Å². The number of benzene rings is 4. The fourth-order valence-corrected chi connectivity index (χ4v) is 7.29. The Balaban J connectivity index is 0.00000387. The summed E-state index contributed by atoms with van der Waals surface area (Å²) in [6.45, 7) is 4.24. The molecule has 0 saturated heterocycles. The van der Waals surface area contributed by atoms with Crippen LogP contribution in [0.4, 0.5) is 0 Å². The van der Waals surface area contributed by atoms with Crippen LogP contribution in [0.15, 0.2) is 133 Å². The molecule has 5 heterocycles. The average molecular weight is 851 g/mol. The van der Waals surface area contributed by atoms with Crippen molar-refractivity contribution < 1.29 is 25.6 Å². The van der Waals surface area contributed by atoms with Gasteiger partial charge in [0, 0.05) is 23.3 Å². The van der Waals surface area contributed by atoms with Gasteiger partial charge in [-0.2, -0.15) is 4.57 Å². The van der Waals surface area contributed by atoms with Gasteiger partial charge in [-0.25, -0.2) is 4.98 Å². The summed E-state index contributed by atoms with van der Waals surface area (Å²) in [5, 5.41) is 0. The van der Waals surface area contributed by atoms with Gasteiger partial charge in [0.25, 0.3) is 0 Å². The van der Waals surface area contributed by atoms with Crippen molar-refractivity contribution in [2.75, 3.05) is 0 Å². The minimum absolute atomic E-state index is 0. The van der Waals surface area contributed by atoms with Crippen LogP contribution in [-0.4, -0.2) is 4.98 Å². The number of nitrogens with zero attached hydrogens (tertiary/aromatic N) is 4. The van der Waals surface area contributed by atoms with Crippen molar-refractivity contribution in [3.63, 3.8) is 0 Å². The van der Waals surface area contributed by atoms with Crippen LogP contribution in [-0.2, 0) is 28.1 Å². The molecule has 52 heavy (non-hydrogen) atoms. The van der Waals surface area contributed by atoms with Crippen LogP contribution in [0, 0.1) is 13.8 Å². The van der Waals surface area contributed by atoms with Crippen molar-refractivity contribution in [2.45, 2.75) is 13.8 Å². The van der Waals surface area contributed by atoms with Crippen LogP contribution in [0.5, 0.6) is 0 Å². The van der Waals surface area contributed by atoms with Gasteiger partial charge in [-0.1, -0.05) is 145 Å². The molecule has 0 aliphatic carbocycles. The Morgan fingerprint density at radius 3 is 1.17 bits per heavy atom. The summed E-state index contributed by atoms with van der Waals surface area (Å²) in [6, 6.07) is 47.0. The molecular weight excluding hydrogens is 816 g/mol. The van der Waals surface area contributed by atoms with E-state index in [9.17, 15) is 0 Å². The summed E-state index contributed by atoms with van der Waals surface area (Å²) in [4.78, 5) is 16.2. The van der Waals surface area contributed by atoms with Gasteiger partial charge in [-0.05, 0) is 59.4 Å². The molecule has 0 amide bonds. The minimum atomic E-state index is 0. The Morgan fingerprint density at radius 2 is 0.750 bits per heavy atom. The van der Waals surface area contributed by atoms with Crippen molar-refractivity contribution in [3.05, 3.63) is 167 Å². The van der Waals surface area contributed by atoms with Crippen LogP contribution >= 0.6 is 0 Å². The molecule has 0 unspecified atom stereocenters. The number of fused-ring (bicyclic) bond motifs is 8.